The highest BCUT2D eigenvalue weighted by Gasteiger charge is 2.09. The summed E-state index contributed by atoms with van der Waals surface area (Å²) in [5.41, 5.74) is 0.661. The van der Waals surface area contributed by atoms with E-state index in [4.69, 9.17) is 11.6 Å². The van der Waals surface area contributed by atoms with Crippen LogP contribution >= 0.6 is 38.9 Å². The number of aromatic nitrogens is 2. The summed E-state index contributed by atoms with van der Waals surface area (Å²) in [6, 6.07) is 4.39. The molecule has 0 saturated carbocycles. The summed E-state index contributed by atoms with van der Waals surface area (Å²) >= 11 is 10.2. The van der Waals surface area contributed by atoms with Gasteiger partial charge in [0.2, 0.25) is 4.47 Å². The molecule has 0 N–H and O–H groups in total. The minimum atomic E-state index is -0.311. The largest absolute Gasteiger partial charge is 0.207 e. The van der Waals surface area contributed by atoms with Crippen molar-refractivity contribution >= 4 is 38.9 Å². The second-order valence-corrected chi connectivity index (χ2v) is 4.90. The molecule has 0 amide bonds. The second kappa shape index (κ2) is 3.92. The van der Waals surface area contributed by atoms with E-state index in [1.165, 1.54) is 23.5 Å². The van der Waals surface area contributed by atoms with Gasteiger partial charge in [0.05, 0.1) is 0 Å². The molecule has 1 aromatic heterocycles. The molecule has 2 aromatic rings. The minimum absolute atomic E-state index is 0.311. The van der Waals surface area contributed by atoms with Gasteiger partial charge in [-0.15, -0.1) is 10.2 Å². The van der Waals surface area contributed by atoms with E-state index < -0.39 is 0 Å². The first-order chi connectivity index (χ1) is 6.66. The lowest BCUT2D eigenvalue weighted by atomic mass is 10.2. The van der Waals surface area contributed by atoms with Gasteiger partial charge in [0.1, 0.15) is 10.8 Å². The van der Waals surface area contributed by atoms with E-state index in [0.29, 0.717) is 15.0 Å². The molecule has 72 valence electrons. The first kappa shape index (κ1) is 10.0. The van der Waals surface area contributed by atoms with Crippen LogP contribution in [-0.4, -0.2) is 10.2 Å². The molecule has 2 nitrogen and oxygen atoms in total. The summed E-state index contributed by atoms with van der Waals surface area (Å²) in [5, 5.41) is 8.08. The van der Waals surface area contributed by atoms with Crippen molar-refractivity contribution in [3.8, 4) is 10.6 Å². The van der Waals surface area contributed by atoms with Crippen LogP contribution in [0.3, 0.4) is 0 Å². The van der Waals surface area contributed by atoms with Crippen molar-refractivity contribution in [1.29, 1.82) is 0 Å². The van der Waals surface area contributed by atoms with Gasteiger partial charge in [-0.1, -0.05) is 27.3 Å². The highest BCUT2D eigenvalue weighted by atomic mass is 79.9. The fourth-order valence-electron chi connectivity index (χ4n) is 0.976. The lowest BCUT2D eigenvalue weighted by molar-refractivity contribution is 0.628. The van der Waals surface area contributed by atoms with Crippen molar-refractivity contribution in [2.24, 2.45) is 0 Å². The molecule has 14 heavy (non-hydrogen) atoms. The highest BCUT2D eigenvalue weighted by Crippen LogP contribution is 2.32. The normalized spacial score (nSPS) is 10.5. The molecule has 0 aliphatic heterocycles. The Bertz CT molecular complexity index is 474. The third kappa shape index (κ3) is 1.94. The fourth-order valence-corrected chi connectivity index (χ4v) is 2.40. The molecule has 1 heterocycles. The molecule has 0 saturated heterocycles. The molecule has 2 rings (SSSR count). The molecule has 0 spiro atoms. The molecular formula is C8H3BrClFN2S. The van der Waals surface area contributed by atoms with E-state index in [0.717, 1.165) is 4.47 Å². The topological polar surface area (TPSA) is 25.8 Å². The van der Waals surface area contributed by atoms with Gasteiger partial charge >= 0.3 is 0 Å². The van der Waals surface area contributed by atoms with Crippen molar-refractivity contribution in [3.63, 3.8) is 0 Å². The molecule has 0 unspecified atom stereocenters. The van der Waals surface area contributed by atoms with Gasteiger partial charge in [0.25, 0.3) is 0 Å². The minimum Gasteiger partial charge on any atom is -0.207 e. The molecule has 0 fully saturated rings. The molecular weight excluding hydrogens is 291 g/mol. The summed E-state index contributed by atoms with van der Waals surface area (Å²) < 4.78 is 14.1. The van der Waals surface area contributed by atoms with Crippen molar-refractivity contribution in [2.75, 3.05) is 0 Å². The zero-order chi connectivity index (χ0) is 10.1. The maximum atomic E-state index is 12.9. The average molecular weight is 294 g/mol. The molecule has 0 atom stereocenters. The molecule has 6 heteroatoms. The SMILES string of the molecule is Fc1ccc(Br)c(-c2nnc(Cl)s2)c1. The van der Waals surface area contributed by atoms with Crippen molar-refractivity contribution < 1.29 is 4.39 Å². The first-order valence-corrected chi connectivity index (χ1v) is 5.60. The van der Waals surface area contributed by atoms with Crippen molar-refractivity contribution in [1.82, 2.24) is 10.2 Å². The summed E-state index contributed by atoms with van der Waals surface area (Å²) in [6.45, 7) is 0. The predicted octanol–water partition coefficient (Wildman–Crippen LogP) is 3.76. The van der Waals surface area contributed by atoms with Crippen LogP contribution in [0, 0.1) is 5.82 Å². The lowest BCUT2D eigenvalue weighted by Crippen LogP contribution is -1.81. The Balaban J connectivity index is 2.55. The number of rotatable bonds is 1. The van der Waals surface area contributed by atoms with Gasteiger partial charge in [0, 0.05) is 10.0 Å². The number of nitrogens with zero attached hydrogens (tertiary/aromatic N) is 2. The van der Waals surface area contributed by atoms with Gasteiger partial charge in [-0.25, -0.2) is 4.39 Å². The van der Waals surface area contributed by atoms with Crippen LogP contribution < -0.4 is 0 Å². The van der Waals surface area contributed by atoms with E-state index in [1.807, 2.05) is 0 Å². The van der Waals surface area contributed by atoms with E-state index >= 15 is 0 Å². The third-order valence-corrected chi connectivity index (χ3v) is 3.30. The number of halogens is 3. The van der Waals surface area contributed by atoms with Crippen LogP contribution in [0.25, 0.3) is 10.6 Å². The van der Waals surface area contributed by atoms with Crippen molar-refractivity contribution in [2.45, 2.75) is 0 Å². The van der Waals surface area contributed by atoms with E-state index in [2.05, 4.69) is 26.1 Å². The summed E-state index contributed by atoms with van der Waals surface area (Å²) in [5.74, 6) is -0.311. The Morgan fingerprint density at radius 2 is 2.14 bits per heavy atom. The van der Waals surface area contributed by atoms with Crippen LogP contribution in [0.1, 0.15) is 0 Å². The monoisotopic (exact) mass is 292 g/mol. The van der Waals surface area contributed by atoms with Crippen LogP contribution in [0.4, 0.5) is 4.39 Å². The number of benzene rings is 1. The lowest BCUT2D eigenvalue weighted by Gasteiger charge is -1.98. The van der Waals surface area contributed by atoms with Crippen LogP contribution in [-0.2, 0) is 0 Å². The molecule has 0 aliphatic carbocycles. The first-order valence-electron chi connectivity index (χ1n) is 3.61. The van der Waals surface area contributed by atoms with Crippen LogP contribution in [0.2, 0.25) is 4.47 Å². The summed E-state index contributed by atoms with van der Waals surface area (Å²) in [4.78, 5) is 0. The Hall–Kier alpha value is -0.520. The summed E-state index contributed by atoms with van der Waals surface area (Å²) in [6.07, 6.45) is 0. The average Bonchev–Trinajstić information content (AvgIpc) is 2.56. The Labute approximate surface area is 96.9 Å². The van der Waals surface area contributed by atoms with Crippen LogP contribution in [0.5, 0.6) is 0 Å². The highest BCUT2D eigenvalue weighted by molar-refractivity contribution is 9.10. The van der Waals surface area contributed by atoms with E-state index in [1.54, 1.807) is 6.07 Å². The maximum Gasteiger partial charge on any atom is 0.207 e. The quantitative estimate of drug-likeness (QED) is 0.800. The Morgan fingerprint density at radius 1 is 1.36 bits per heavy atom. The molecule has 0 bridgehead atoms. The number of hydrogen-bond acceptors (Lipinski definition) is 3. The van der Waals surface area contributed by atoms with E-state index in [9.17, 15) is 4.39 Å². The van der Waals surface area contributed by atoms with E-state index in [-0.39, 0.29) is 5.82 Å². The van der Waals surface area contributed by atoms with Gasteiger partial charge in [-0.05, 0) is 29.8 Å². The van der Waals surface area contributed by atoms with Gasteiger partial charge in [0.15, 0.2) is 0 Å². The summed E-state index contributed by atoms with van der Waals surface area (Å²) in [7, 11) is 0. The van der Waals surface area contributed by atoms with Gasteiger partial charge < -0.3 is 0 Å². The Morgan fingerprint density at radius 3 is 2.79 bits per heavy atom. The third-order valence-electron chi connectivity index (χ3n) is 1.56. The number of hydrogen-bond donors (Lipinski definition) is 0. The fraction of sp³-hybridized carbons (Fsp3) is 0. The van der Waals surface area contributed by atoms with Crippen molar-refractivity contribution in [3.05, 3.63) is 33.0 Å². The van der Waals surface area contributed by atoms with Gasteiger partial charge in [-0.3, -0.25) is 0 Å². The Kier molecular flexibility index (Phi) is 2.80. The maximum absolute atomic E-state index is 12.9. The second-order valence-electron chi connectivity index (χ2n) is 2.48. The molecule has 0 aliphatic rings. The predicted molar refractivity (Wildman–Crippen MR) is 58.0 cm³/mol. The van der Waals surface area contributed by atoms with Gasteiger partial charge in [-0.2, -0.15) is 0 Å². The zero-order valence-electron chi connectivity index (χ0n) is 6.67. The molecule has 1 aromatic carbocycles. The molecule has 0 radical (unpaired) electrons. The standard InChI is InChI=1S/C8H3BrClFN2S/c9-6-2-1-4(11)3-5(6)7-12-13-8(10)14-7/h1-3H. The van der Waals surface area contributed by atoms with Crippen LogP contribution in [0.15, 0.2) is 22.7 Å². The smallest absolute Gasteiger partial charge is 0.207 e. The zero-order valence-corrected chi connectivity index (χ0v) is 9.83.